The van der Waals surface area contributed by atoms with Gasteiger partial charge in [0.05, 0.1) is 28.7 Å². The summed E-state index contributed by atoms with van der Waals surface area (Å²) in [7, 11) is -16.6. The Hall–Kier alpha value is -1.95. The lowest BCUT2D eigenvalue weighted by molar-refractivity contribution is -0.384. The van der Waals surface area contributed by atoms with Crippen molar-refractivity contribution in [3.8, 4) is 12.3 Å². The Bertz CT molecular complexity index is 1300. The van der Waals surface area contributed by atoms with Gasteiger partial charge in [0.1, 0.15) is 12.3 Å². The molecule has 2 aromatic rings. The lowest BCUT2D eigenvalue weighted by Gasteiger charge is -2.19. The zero-order chi connectivity index (χ0) is 25.5. The largest absolute Gasteiger partial charge is 0.490 e. The van der Waals surface area contributed by atoms with Crippen molar-refractivity contribution in [3.63, 3.8) is 0 Å². The number of aromatic nitrogens is 1. The Morgan fingerprint density at radius 2 is 1.88 bits per heavy atom. The van der Waals surface area contributed by atoms with Crippen LogP contribution in [0.4, 0.5) is 5.69 Å². The van der Waals surface area contributed by atoms with Crippen LogP contribution in [0.15, 0.2) is 24.4 Å². The van der Waals surface area contributed by atoms with Crippen molar-refractivity contribution in [2.24, 2.45) is 0 Å². The molecule has 19 heteroatoms. The van der Waals surface area contributed by atoms with E-state index >= 15 is 0 Å². The second-order valence-corrected chi connectivity index (χ2v) is 11.3. The summed E-state index contributed by atoms with van der Waals surface area (Å²) >= 11 is 0. The topological polar surface area (TPSA) is 237 Å². The van der Waals surface area contributed by atoms with E-state index in [1.54, 1.807) is 0 Å². The van der Waals surface area contributed by atoms with Crippen molar-refractivity contribution < 1.29 is 61.2 Å². The molecule has 0 saturated carbocycles. The summed E-state index contributed by atoms with van der Waals surface area (Å²) in [5.74, 6) is 2.39. The van der Waals surface area contributed by atoms with Crippen LogP contribution in [0, 0.1) is 22.5 Å². The third kappa shape index (κ3) is 6.38. The first-order valence-electron chi connectivity index (χ1n) is 8.98. The molecule has 3 unspecified atom stereocenters. The smallest absolute Gasteiger partial charge is 0.390 e. The molecule has 1 aromatic heterocycles. The van der Waals surface area contributed by atoms with Crippen molar-refractivity contribution >= 4 is 40.1 Å². The van der Waals surface area contributed by atoms with Crippen LogP contribution in [-0.4, -0.2) is 53.0 Å². The third-order valence-corrected chi connectivity index (χ3v) is 8.32. The summed E-state index contributed by atoms with van der Waals surface area (Å²) in [5, 5.41) is 21.7. The summed E-state index contributed by atoms with van der Waals surface area (Å²) in [6.45, 7) is -0.839. The molecule has 0 spiro atoms. The SMILES string of the molecule is C#Cc1cn([C@H]2CC(O)[C@@H](COP(=O)(O)OP(=O)(O)OP(=O)(O)O)O2)c2ccc([N+](=O)[O-])cc12. The second kappa shape index (κ2) is 9.60. The molecule has 2 heterocycles. The number of aliphatic hydroxyl groups is 1. The van der Waals surface area contributed by atoms with Gasteiger partial charge in [-0.1, -0.05) is 5.92 Å². The highest BCUT2D eigenvalue weighted by Gasteiger charge is 2.43. The predicted octanol–water partition coefficient (Wildman–Crippen LogP) is 1.52. The number of non-ortho nitro benzene ring substituents is 1. The third-order valence-electron chi connectivity index (χ3n) is 4.52. The van der Waals surface area contributed by atoms with Crippen LogP contribution in [0.5, 0.6) is 0 Å². The van der Waals surface area contributed by atoms with Crippen LogP contribution in [-0.2, 0) is 31.6 Å². The van der Waals surface area contributed by atoms with Crippen LogP contribution >= 0.6 is 23.5 Å². The molecular formula is C15H17N2O14P3. The highest BCUT2D eigenvalue weighted by atomic mass is 31.3. The molecule has 186 valence electrons. The zero-order valence-electron chi connectivity index (χ0n) is 16.7. The van der Waals surface area contributed by atoms with Crippen LogP contribution < -0.4 is 0 Å². The Morgan fingerprint density at radius 1 is 1.21 bits per heavy atom. The van der Waals surface area contributed by atoms with Crippen molar-refractivity contribution in [1.29, 1.82) is 0 Å². The zero-order valence-corrected chi connectivity index (χ0v) is 19.4. The molecule has 1 saturated heterocycles. The maximum absolute atomic E-state index is 11.9. The number of aliphatic hydroxyl groups excluding tert-OH is 1. The Labute approximate surface area is 190 Å². The van der Waals surface area contributed by atoms with Crippen molar-refractivity contribution in [2.45, 2.75) is 24.9 Å². The maximum atomic E-state index is 11.9. The number of nitrogens with zero attached hydrogens (tertiary/aromatic N) is 2. The lowest BCUT2D eigenvalue weighted by Crippen LogP contribution is -2.26. The Balaban J connectivity index is 1.73. The van der Waals surface area contributed by atoms with E-state index in [1.807, 2.05) is 0 Å². The normalized spacial score (nSPS) is 24.4. The average Bonchev–Trinajstić information content (AvgIpc) is 3.23. The standard InChI is InChI=1S/C15H17N2O14P3/c1-2-9-7-16(12-4-3-10(17(19)20)5-11(9)12)15-6-13(18)14(29-15)8-28-33(24,25)31-34(26,27)30-32(21,22)23/h1,3-5,7,13-15,18H,6,8H2,(H,24,25)(H,26,27)(H2,21,22,23)/t13?,14-,15-/m1/s1. The van der Waals surface area contributed by atoms with Gasteiger partial charge in [0.25, 0.3) is 5.69 Å². The van der Waals surface area contributed by atoms with Gasteiger partial charge in [-0.2, -0.15) is 8.62 Å². The fourth-order valence-electron chi connectivity index (χ4n) is 3.22. The summed E-state index contributed by atoms with van der Waals surface area (Å²) in [4.78, 5) is 46.2. The van der Waals surface area contributed by atoms with E-state index in [1.165, 1.54) is 29.0 Å². The quantitative estimate of drug-likeness (QED) is 0.131. The van der Waals surface area contributed by atoms with E-state index in [4.69, 9.17) is 25.8 Å². The monoisotopic (exact) mass is 542 g/mol. The summed E-state index contributed by atoms with van der Waals surface area (Å²) in [6, 6.07) is 3.96. The number of terminal acetylenes is 1. The molecule has 5 atom stereocenters. The van der Waals surface area contributed by atoms with Gasteiger partial charge >= 0.3 is 23.5 Å². The van der Waals surface area contributed by atoms with Gasteiger partial charge in [-0.15, -0.1) is 6.42 Å². The first-order chi connectivity index (χ1) is 15.6. The number of hydrogen-bond donors (Lipinski definition) is 5. The second-order valence-electron chi connectivity index (χ2n) is 6.87. The van der Waals surface area contributed by atoms with Gasteiger partial charge in [-0.3, -0.25) is 14.6 Å². The van der Waals surface area contributed by atoms with Crippen LogP contribution in [0.3, 0.4) is 0 Å². The van der Waals surface area contributed by atoms with Gasteiger partial charge < -0.3 is 34.0 Å². The van der Waals surface area contributed by atoms with Gasteiger partial charge in [0.2, 0.25) is 0 Å². The van der Waals surface area contributed by atoms with Crippen molar-refractivity contribution in [1.82, 2.24) is 4.57 Å². The average molecular weight is 542 g/mol. The number of hydrogen-bond acceptors (Lipinski definition) is 10. The minimum absolute atomic E-state index is 0.0603. The van der Waals surface area contributed by atoms with E-state index in [0.29, 0.717) is 16.5 Å². The van der Waals surface area contributed by atoms with Crippen LogP contribution in [0.25, 0.3) is 10.9 Å². The summed E-state index contributed by atoms with van der Waals surface area (Å²) < 4.78 is 52.7. The predicted molar refractivity (Wildman–Crippen MR) is 111 cm³/mol. The molecule has 0 bridgehead atoms. The number of ether oxygens (including phenoxy) is 1. The summed E-state index contributed by atoms with van der Waals surface area (Å²) in [5.41, 5.74) is 0.570. The van der Waals surface area contributed by atoms with E-state index < -0.39 is 53.4 Å². The highest BCUT2D eigenvalue weighted by molar-refractivity contribution is 7.66. The van der Waals surface area contributed by atoms with E-state index in [0.717, 1.165) is 0 Å². The fraction of sp³-hybridized carbons (Fsp3) is 0.333. The molecule has 1 aliphatic rings. The van der Waals surface area contributed by atoms with Gasteiger partial charge in [0, 0.05) is 30.1 Å². The molecule has 1 aromatic carbocycles. The number of rotatable bonds is 9. The Morgan fingerprint density at radius 3 is 2.47 bits per heavy atom. The first-order valence-corrected chi connectivity index (χ1v) is 13.5. The number of benzene rings is 1. The lowest BCUT2D eigenvalue weighted by atomic mass is 10.1. The molecule has 0 aliphatic carbocycles. The van der Waals surface area contributed by atoms with E-state index in [2.05, 4.69) is 19.1 Å². The molecule has 5 N–H and O–H groups in total. The van der Waals surface area contributed by atoms with Crippen molar-refractivity contribution in [3.05, 3.63) is 40.1 Å². The van der Waals surface area contributed by atoms with Crippen molar-refractivity contribution in [2.75, 3.05) is 6.61 Å². The minimum atomic E-state index is -5.69. The number of phosphoric acid groups is 3. The van der Waals surface area contributed by atoms with Gasteiger partial charge in [0.15, 0.2) is 0 Å². The fourth-order valence-corrected chi connectivity index (χ4v) is 6.25. The van der Waals surface area contributed by atoms with Gasteiger partial charge in [-0.25, -0.2) is 13.7 Å². The first kappa shape index (κ1) is 26.7. The molecule has 0 radical (unpaired) electrons. The van der Waals surface area contributed by atoms with E-state index in [-0.39, 0.29) is 12.1 Å². The molecule has 1 fully saturated rings. The molecule has 3 rings (SSSR count). The Kier molecular flexibility index (Phi) is 7.52. The molecule has 16 nitrogen and oxygen atoms in total. The molecule has 0 amide bonds. The highest BCUT2D eigenvalue weighted by Crippen LogP contribution is 2.66. The number of fused-ring (bicyclic) bond motifs is 1. The number of nitro groups is 1. The molecule has 34 heavy (non-hydrogen) atoms. The van der Waals surface area contributed by atoms with Gasteiger partial charge in [-0.05, 0) is 6.07 Å². The number of nitro benzene ring substituents is 1. The molecule has 1 aliphatic heterocycles. The minimum Gasteiger partial charge on any atom is -0.390 e. The van der Waals surface area contributed by atoms with Crippen LogP contribution in [0.1, 0.15) is 18.2 Å². The number of phosphoric ester groups is 1. The van der Waals surface area contributed by atoms with Crippen LogP contribution in [0.2, 0.25) is 0 Å². The maximum Gasteiger partial charge on any atom is 0.490 e. The summed E-state index contributed by atoms with van der Waals surface area (Å²) in [6.07, 6.45) is 3.49. The van der Waals surface area contributed by atoms with E-state index in [9.17, 15) is 33.8 Å². The molecular weight excluding hydrogens is 525 g/mol.